The van der Waals surface area contributed by atoms with E-state index in [1.807, 2.05) is 10.8 Å². The molecule has 7 rings (SSSR count). The lowest BCUT2D eigenvalue weighted by Gasteiger charge is -2.36. The number of sulfonamides is 1. The molecule has 4 amide bonds. The molecule has 20 heteroatoms. The number of carbonyl (C=O) groups is 4. The van der Waals surface area contributed by atoms with Gasteiger partial charge in [-0.25, -0.2) is 23.2 Å². The minimum Gasteiger partial charge on any atom is -0.471 e. The number of aromatic nitrogens is 2. The molecular formula is C40H45F4N7O8S. The van der Waals surface area contributed by atoms with E-state index in [-0.39, 0.29) is 48.2 Å². The Hall–Kier alpha value is -5.32. The maximum atomic E-state index is 16.2. The summed E-state index contributed by atoms with van der Waals surface area (Å²) in [5, 5.41) is 14.5. The summed E-state index contributed by atoms with van der Waals surface area (Å²) in [7, 11) is -4.35. The van der Waals surface area contributed by atoms with Gasteiger partial charge in [-0.1, -0.05) is 33.8 Å². The monoisotopic (exact) mass is 859 g/mol. The lowest BCUT2D eigenvalue weighted by Crippen LogP contribution is -2.61. The molecular weight excluding hydrogens is 815 g/mol. The Morgan fingerprint density at radius 3 is 2.43 bits per heavy atom. The van der Waals surface area contributed by atoms with Gasteiger partial charge in [0.1, 0.15) is 24.3 Å². The minimum atomic E-state index is -4.35. The first kappa shape index (κ1) is 42.8. The highest BCUT2D eigenvalue weighted by atomic mass is 32.2. The van der Waals surface area contributed by atoms with Gasteiger partial charge in [0, 0.05) is 17.9 Å². The average Bonchev–Trinajstić information content (AvgIpc) is 4.12. The van der Waals surface area contributed by atoms with Crippen LogP contribution in [0.1, 0.15) is 90.8 Å². The summed E-state index contributed by atoms with van der Waals surface area (Å²) in [4.78, 5) is 65.9. The molecule has 3 saturated carbocycles. The van der Waals surface area contributed by atoms with Gasteiger partial charge >= 0.3 is 12.0 Å². The summed E-state index contributed by atoms with van der Waals surface area (Å²) in [6, 6.07) is 3.00. The zero-order chi connectivity index (χ0) is 43.7. The number of benzene rings is 1. The van der Waals surface area contributed by atoms with Crippen LogP contribution in [0.3, 0.4) is 0 Å². The van der Waals surface area contributed by atoms with Crippen LogP contribution in [0, 0.1) is 28.6 Å². The lowest BCUT2D eigenvalue weighted by molar-refractivity contribution is -0.143. The van der Waals surface area contributed by atoms with Crippen LogP contribution in [0.4, 0.5) is 22.4 Å². The largest absolute Gasteiger partial charge is 0.471 e. The van der Waals surface area contributed by atoms with E-state index in [0.29, 0.717) is 18.9 Å². The van der Waals surface area contributed by atoms with Gasteiger partial charge in [-0.05, 0) is 81.1 Å². The van der Waals surface area contributed by atoms with Crippen molar-refractivity contribution in [2.24, 2.45) is 17.3 Å². The molecule has 4 fully saturated rings. The van der Waals surface area contributed by atoms with Gasteiger partial charge in [-0.3, -0.25) is 19.1 Å². The number of ether oxygens (including phenoxy) is 2. The molecule has 2 bridgehead atoms. The molecule has 5 aliphatic rings. The molecule has 60 heavy (non-hydrogen) atoms. The summed E-state index contributed by atoms with van der Waals surface area (Å²) in [5.74, 6) is -9.09. The summed E-state index contributed by atoms with van der Waals surface area (Å²) >= 11 is 0. The van der Waals surface area contributed by atoms with Crippen LogP contribution in [0.2, 0.25) is 0 Å². The smallest absolute Gasteiger partial charge is 0.408 e. The fraction of sp³-hybridized carbons (Fsp3) is 0.575. The van der Waals surface area contributed by atoms with Crippen molar-refractivity contribution in [2.45, 2.75) is 120 Å². The highest BCUT2D eigenvalue weighted by Crippen LogP contribution is 2.49. The Morgan fingerprint density at radius 1 is 1.10 bits per heavy atom. The molecule has 1 aromatic carbocycles. The normalized spacial score (nSPS) is 30.1. The number of rotatable bonds is 6. The van der Waals surface area contributed by atoms with Crippen LogP contribution >= 0.6 is 0 Å². The van der Waals surface area contributed by atoms with Crippen LogP contribution in [0.5, 0.6) is 5.88 Å². The number of hydrogen-bond acceptors (Lipinski definition) is 11. The topological polar surface area (TPSA) is 210 Å². The third kappa shape index (κ3) is 7.99. The van der Waals surface area contributed by atoms with Crippen molar-refractivity contribution >= 4 is 44.9 Å². The Kier molecular flexibility index (Phi) is 10.7. The number of alkyl carbamates (subject to hydrolysis) is 1. The molecule has 1 aromatic heterocycles. The number of carbonyl (C=O) groups excluding carboxylic acids is 4. The van der Waals surface area contributed by atoms with Gasteiger partial charge < -0.3 is 25.0 Å². The molecule has 0 spiro atoms. The lowest BCUT2D eigenvalue weighted by atomic mass is 9.85. The Morgan fingerprint density at radius 2 is 1.82 bits per heavy atom. The van der Waals surface area contributed by atoms with Gasteiger partial charge in [0.15, 0.2) is 11.2 Å². The zero-order valence-electron chi connectivity index (χ0n) is 33.5. The number of amides is 4. The number of allylic oxidation sites excluding steroid dienone is 2. The molecule has 15 nitrogen and oxygen atoms in total. The van der Waals surface area contributed by atoms with Crippen LogP contribution in [0.25, 0.3) is 11.0 Å². The van der Waals surface area contributed by atoms with Gasteiger partial charge in [-0.2, -0.15) is 22.8 Å². The maximum Gasteiger partial charge on any atom is 0.408 e. The summed E-state index contributed by atoms with van der Waals surface area (Å²) in [6.07, 6.45) is -2.40. The Balaban J connectivity index is 1.32. The molecule has 1 saturated heterocycles. The fourth-order valence-electron chi connectivity index (χ4n) is 7.90. The number of alkyl halides is 2. The predicted molar refractivity (Wildman–Crippen MR) is 204 cm³/mol. The molecule has 2 aliphatic heterocycles. The standard InChI is InChI=1S/C40H45F4N7O8S/c1-6-22-27-19-51(28(22)32(52)49-39(17-23(39)31(41)42)35(54)50-60(56,57)38(5)13-14-38)34(53)30(37(2,3)4)48-36(55)59-26-16-21(26)9-7-8-12-40(43,44)29-33(58-27)47-25-15-20(18-45)10-11-24(25)46-29/h8,10-12,15,21-22,26-28,30H,6-7,9,13-14,16-17,19H2,1-5H3,(H,48,55)(H,49,52)(H,50,54)/b12-8+/t21-,22-,26-,27+,28+,30-,39-/m1/s1. The molecule has 0 radical (unpaired) electrons. The van der Waals surface area contributed by atoms with Crippen molar-refractivity contribution in [3.05, 3.63) is 53.3 Å². The second-order valence-corrected chi connectivity index (χ2v) is 19.7. The summed E-state index contributed by atoms with van der Waals surface area (Å²) in [6.45, 7) is 7.42. The number of hydrogen-bond donors (Lipinski definition) is 3. The average molecular weight is 860 g/mol. The number of nitriles is 1. The number of halogens is 4. The van der Waals surface area contributed by atoms with Crippen LogP contribution in [-0.4, -0.2) is 88.2 Å². The first-order chi connectivity index (χ1) is 28.0. The molecule has 3 heterocycles. The Labute approximate surface area is 343 Å². The van der Waals surface area contributed by atoms with E-state index in [9.17, 15) is 41.6 Å². The van der Waals surface area contributed by atoms with Crippen molar-refractivity contribution in [1.29, 1.82) is 5.26 Å². The van der Waals surface area contributed by atoms with E-state index in [0.717, 1.165) is 4.90 Å². The van der Waals surface area contributed by atoms with E-state index in [1.165, 1.54) is 31.2 Å². The van der Waals surface area contributed by atoms with E-state index in [1.54, 1.807) is 27.7 Å². The molecule has 7 atom stereocenters. The molecule has 3 N–H and O–H groups in total. The van der Waals surface area contributed by atoms with E-state index in [2.05, 4.69) is 20.6 Å². The zero-order valence-corrected chi connectivity index (χ0v) is 34.3. The van der Waals surface area contributed by atoms with Crippen LogP contribution in [-0.2, 0) is 35.1 Å². The number of nitrogens with zero attached hydrogens (tertiary/aromatic N) is 4. The Bertz CT molecular complexity index is 2370. The van der Waals surface area contributed by atoms with Crippen molar-refractivity contribution < 1.29 is 54.6 Å². The van der Waals surface area contributed by atoms with Crippen molar-refractivity contribution in [1.82, 2.24) is 30.2 Å². The van der Waals surface area contributed by atoms with Gasteiger partial charge in [0.05, 0.1) is 34.0 Å². The second-order valence-electron chi connectivity index (χ2n) is 17.5. The first-order valence-corrected chi connectivity index (χ1v) is 21.2. The van der Waals surface area contributed by atoms with Crippen molar-refractivity contribution in [3.63, 3.8) is 0 Å². The maximum absolute atomic E-state index is 16.2. The van der Waals surface area contributed by atoms with Gasteiger partial charge in [0.2, 0.25) is 27.7 Å². The van der Waals surface area contributed by atoms with Gasteiger partial charge in [0.25, 0.3) is 12.0 Å². The van der Waals surface area contributed by atoms with E-state index >= 15 is 8.78 Å². The fourth-order valence-corrected chi connectivity index (χ4v) is 9.20. The van der Waals surface area contributed by atoms with Crippen LogP contribution in [0.15, 0.2) is 42.0 Å². The van der Waals surface area contributed by atoms with Crippen LogP contribution < -0.4 is 20.1 Å². The molecule has 322 valence electrons. The van der Waals surface area contributed by atoms with E-state index < -0.39 is 122 Å². The number of fused-ring (bicyclic) bond motifs is 5. The summed E-state index contributed by atoms with van der Waals surface area (Å²) in [5.41, 5.74) is -5.06. The SMILES string of the molecule is CC[C@@H]1[C@@H]2CN(C(=O)[C@H](C(C)(C)C)NC(=O)O[C@@H]3C[C@H]3CC/C=C/C(F)(F)c3nc4ccc(C#N)cc4nc3O2)[C@@H]1C(=O)N[C@]1(C(=O)NS(=O)(=O)C2(C)CC2)CC1=C(F)F. The third-order valence-electron chi connectivity index (χ3n) is 12.1. The second kappa shape index (κ2) is 15.0. The van der Waals surface area contributed by atoms with Gasteiger partial charge in [-0.15, -0.1) is 0 Å². The highest BCUT2D eigenvalue weighted by Gasteiger charge is 2.64. The quantitative estimate of drug-likeness (QED) is 0.264. The number of nitrogens with one attached hydrogen (secondary N) is 3. The van der Waals surface area contributed by atoms with Crippen molar-refractivity contribution in [3.8, 4) is 11.9 Å². The first-order valence-electron chi connectivity index (χ1n) is 19.7. The molecule has 3 aliphatic carbocycles. The third-order valence-corrected chi connectivity index (χ3v) is 14.3. The minimum absolute atomic E-state index is 0.00255. The summed E-state index contributed by atoms with van der Waals surface area (Å²) < 4.78 is 99.4. The predicted octanol–water partition coefficient (Wildman–Crippen LogP) is 4.86. The molecule has 2 aromatic rings. The van der Waals surface area contributed by atoms with E-state index in [4.69, 9.17) is 9.47 Å². The highest BCUT2D eigenvalue weighted by molar-refractivity contribution is 7.91. The molecule has 0 unspecified atom stereocenters. The van der Waals surface area contributed by atoms with Crippen molar-refractivity contribution in [2.75, 3.05) is 6.54 Å².